The SMILES string of the molecule is CC.Cc1sc2ncn(CC(=O)N3CCCC3)c(=O)c2c1-c1ccccc1. The van der Waals surface area contributed by atoms with Gasteiger partial charge in [-0.05, 0) is 25.3 Å². The minimum Gasteiger partial charge on any atom is -0.341 e. The predicted octanol–water partition coefficient (Wildman–Crippen LogP) is 4.08. The fraction of sp³-hybridized carbons (Fsp3) is 0.381. The summed E-state index contributed by atoms with van der Waals surface area (Å²) in [6.45, 7) is 7.64. The molecule has 1 amide bonds. The van der Waals surface area contributed by atoms with E-state index < -0.39 is 0 Å². The van der Waals surface area contributed by atoms with Crippen LogP contribution in [0, 0.1) is 6.92 Å². The number of hydrogen-bond acceptors (Lipinski definition) is 4. The van der Waals surface area contributed by atoms with Crippen LogP contribution < -0.4 is 5.56 Å². The Morgan fingerprint density at radius 3 is 2.48 bits per heavy atom. The molecule has 27 heavy (non-hydrogen) atoms. The number of nitrogens with zero attached hydrogens (tertiary/aromatic N) is 3. The topological polar surface area (TPSA) is 55.2 Å². The number of fused-ring (bicyclic) bond motifs is 1. The van der Waals surface area contributed by atoms with Gasteiger partial charge in [-0.1, -0.05) is 44.2 Å². The van der Waals surface area contributed by atoms with Crippen molar-refractivity contribution < 1.29 is 4.79 Å². The molecule has 1 fully saturated rings. The molecule has 3 heterocycles. The first-order valence-electron chi connectivity index (χ1n) is 9.47. The van der Waals surface area contributed by atoms with Gasteiger partial charge < -0.3 is 4.90 Å². The molecule has 3 aromatic rings. The van der Waals surface area contributed by atoms with Crippen LogP contribution in [-0.2, 0) is 11.3 Å². The van der Waals surface area contributed by atoms with Crippen molar-refractivity contribution in [1.82, 2.24) is 14.5 Å². The van der Waals surface area contributed by atoms with Crippen LogP contribution in [0.5, 0.6) is 0 Å². The summed E-state index contributed by atoms with van der Waals surface area (Å²) in [4.78, 5) is 33.5. The standard InChI is InChI=1S/C19H19N3O2S.C2H6/c1-13-16(14-7-3-2-4-8-14)17-18(25-13)20-12-22(19(17)24)11-15(23)21-9-5-6-10-21;1-2/h2-4,7-8,12H,5-6,9-11H2,1H3;1-2H3. The van der Waals surface area contributed by atoms with Gasteiger partial charge in [-0.15, -0.1) is 11.3 Å². The average Bonchev–Trinajstić information content (AvgIpc) is 3.34. The highest BCUT2D eigenvalue weighted by atomic mass is 32.1. The molecular weight excluding hydrogens is 358 g/mol. The molecule has 1 aliphatic rings. The average molecular weight is 384 g/mol. The van der Waals surface area contributed by atoms with E-state index in [1.165, 1.54) is 22.2 Å². The van der Waals surface area contributed by atoms with Gasteiger partial charge in [0, 0.05) is 23.5 Å². The van der Waals surface area contributed by atoms with E-state index in [2.05, 4.69) is 4.98 Å². The van der Waals surface area contributed by atoms with Crippen LogP contribution in [0.3, 0.4) is 0 Å². The Morgan fingerprint density at radius 1 is 1.15 bits per heavy atom. The molecule has 142 valence electrons. The van der Waals surface area contributed by atoms with E-state index in [9.17, 15) is 9.59 Å². The first-order valence-corrected chi connectivity index (χ1v) is 10.3. The summed E-state index contributed by atoms with van der Waals surface area (Å²) < 4.78 is 1.45. The highest BCUT2D eigenvalue weighted by Crippen LogP contribution is 2.35. The van der Waals surface area contributed by atoms with Gasteiger partial charge in [0.25, 0.3) is 5.56 Å². The normalized spacial score (nSPS) is 13.5. The maximum atomic E-state index is 13.0. The number of aromatic nitrogens is 2. The third-order valence-corrected chi connectivity index (χ3v) is 5.69. The van der Waals surface area contributed by atoms with Crippen LogP contribution in [-0.4, -0.2) is 33.4 Å². The summed E-state index contributed by atoms with van der Waals surface area (Å²) in [6, 6.07) is 9.88. The lowest BCUT2D eigenvalue weighted by Crippen LogP contribution is -2.34. The fourth-order valence-corrected chi connectivity index (χ4v) is 4.42. The zero-order chi connectivity index (χ0) is 19.4. The molecule has 0 N–H and O–H groups in total. The lowest BCUT2D eigenvalue weighted by molar-refractivity contribution is -0.130. The number of aryl methyl sites for hydroxylation is 1. The first-order chi connectivity index (χ1) is 13.1. The van der Waals surface area contributed by atoms with E-state index in [1.807, 2.05) is 56.0 Å². The molecule has 2 aromatic heterocycles. The summed E-state index contributed by atoms with van der Waals surface area (Å²) in [5.74, 6) is -0.00559. The van der Waals surface area contributed by atoms with Crippen LogP contribution in [0.1, 0.15) is 31.6 Å². The Labute approximate surface area is 163 Å². The van der Waals surface area contributed by atoms with Gasteiger partial charge in [-0.25, -0.2) is 4.98 Å². The Bertz CT molecular complexity index is 986. The van der Waals surface area contributed by atoms with Crippen molar-refractivity contribution in [2.45, 2.75) is 40.2 Å². The molecule has 0 saturated carbocycles. The molecule has 0 radical (unpaired) electrons. The molecule has 0 aliphatic carbocycles. The summed E-state index contributed by atoms with van der Waals surface area (Å²) in [5, 5.41) is 0.616. The molecule has 1 saturated heterocycles. The fourth-order valence-electron chi connectivity index (χ4n) is 3.41. The number of likely N-dealkylation sites (tertiary alicyclic amines) is 1. The van der Waals surface area contributed by atoms with Crippen molar-refractivity contribution in [3.05, 3.63) is 51.9 Å². The van der Waals surface area contributed by atoms with Crippen molar-refractivity contribution in [1.29, 1.82) is 0 Å². The summed E-state index contributed by atoms with van der Waals surface area (Å²) in [6.07, 6.45) is 3.59. The first kappa shape index (κ1) is 19.3. The molecular formula is C21H25N3O2S. The molecule has 0 spiro atoms. The molecule has 0 bridgehead atoms. The highest BCUT2D eigenvalue weighted by Gasteiger charge is 2.21. The van der Waals surface area contributed by atoms with Gasteiger partial charge in [-0.2, -0.15) is 0 Å². The second-order valence-electron chi connectivity index (χ2n) is 6.34. The number of rotatable bonds is 3. The maximum absolute atomic E-state index is 13.0. The van der Waals surface area contributed by atoms with E-state index >= 15 is 0 Å². The van der Waals surface area contributed by atoms with Crippen LogP contribution >= 0.6 is 11.3 Å². The van der Waals surface area contributed by atoms with Crippen LogP contribution in [0.25, 0.3) is 21.3 Å². The van der Waals surface area contributed by atoms with Crippen LogP contribution in [0.4, 0.5) is 0 Å². The van der Waals surface area contributed by atoms with Crippen molar-refractivity contribution in [3.63, 3.8) is 0 Å². The second kappa shape index (κ2) is 8.48. The van der Waals surface area contributed by atoms with Gasteiger partial charge in [0.2, 0.25) is 5.91 Å². The minimum absolute atomic E-state index is 0.00559. The van der Waals surface area contributed by atoms with Crippen LogP contribution in [0.2, 0.25) is 0 Å². The summed E-state index contributed by atoms with van der Waals surface area (Å²) in [7, 11) is 0. The van der Waals surface area contributed by atoms with Gasteiger partial charge in [0.1, 0.15) is 11.4 Å². The van der Waals surface area contributed by atoms with Gasteiger partial charge in [0.15, 0.2) is 0 Å². The van der Waals surface area contributed by atoms with E-state index in [-0.39, 0.29) is 18.0 Å². The quantitative estimate of drug-likeness (QED) is 0.685. The van der Waals surface area contributed by atoms with Crippen molar-refractivity contribution in [3.8, 4) is 11.1 Å². The largest absolute Gasteiger partial charge is 0.341 e. The Kier molecular flexibility index (Phi) is 6.06. The van der Waals surface area contributed by atoms with E-state index in [0.29, 0.717) is 5.39 Å². The Balaban J connectivity index is 0.00000102. The lowest BCUT2D eigenvalue weighted by atomic mass is 10.0. The lowest BCUT2D eigenvalue weighted by Gasteiger charge is -2.15. The molecule has 1 aliphatic heterocycles. The van der Waals surface area contributed by atoms with Gasteiger partial charge in [0.05, 0.1) is 11.7 Å². The number of carbonyl (C=O) groups excluding carboxylic acids is 1. The Hall–Kier alpha value is -2.47. The Morgan fingerprint density at radius 2 is 1.81 bits per heavy atom. The third kappa shape index (κ3) is 3.81. The van der Waals surface area contributed by atoms with Crippen molar-refractivity contribution in [2.75, 3.05) is 13.1 Å². The van der Waals surface area contributed by atoms with E-state index in [0.717, 1.165) is 46.8 Å². The van der Waals surface area contributed by atoms with Crippen LogP contribution in [0.15, 0.2) is 41.5 Å². The zero-order valence-corrected chi connectivity index (χ0v) is 16.9. The maximum Gasteiger partial charge on any atom is 0.263 e. The summed E-state index contributed by atoms with van der Waals surface area (Å²) >= 11 is 1.52. The minimum atomic E-state index is -0.138. The number of amides is 1. The van der Waals surface area contributed by atoms with E-state index in [1.54, 1.807) is 0 Å². The zero-order valence-electron chi connectivity index (χ0n) is 16.1. The van der Waals surface area contributed by atoms with Crippen molar-refractivity contribution >= 4 is 27.5 Å². The third-order valence-electron chi connectivity index (χ3n) is 4.68. The molecule has 6 heteroatoms. The number of thiophene rings is 1. The molecule has 1 aromatic carbocycles. The molecule has 5 nitrogen and oxygen atoms in total. The number of carbonyl (C=O) groups is 1. The van der Waals surface area contributed by atoms with Gasteiger partial charge in [-0.3, -0.25) is 14.2 Å². The predicted molar refractivity (Wildman–Crippen MR) is 111 cm³/mol. The molecule has 0 unspecified atom stereocenters. The number of hydrogen-bond donors (Lipinski definition) is 0. The highest BCUT2D eigenvalue weighted by molar-refractivity contribution is 7.19. The molecule has 0 atom stereocenters. The monoisotopic (exact) mass is 383 g/mol. The second-order valence-corrected chi connectivity index (χ2v) is 7.55. The van der Waals surface area contributed by atoms with Crippen molar-refractivity contribution in [2.24, 2.45) is 0 Å². The van der Waals surface area contributed by atoms with Gasteiger partial charge >= 0.3 is 0 Å². The van der Waals surface area contributed by atoms with E-state index in [4.69, 9.17) is 0 Å². The molecule has 4 rings (SSSR count). The smallest absolute Gasteiger partial charge is 0.263 e. The number of benzene rings is 1. The summed E-state index contributed by atoms with van der Waals surface area (Å²) in [5.41, 5.74) is 1.80.